The van der Waals surface area contributed by atoms with Crippen molar-refractivity contribution in [2.45, 2.75) is 25.4 Å². The van der Waals surface area contributed by atoms with E-state index in [1.54, 1.807) is 6.20 Å². The van der Waals surface area contributed by atoms with Gasteiger partial charge in [-0.25, -0.2) is 0 Å². The second-order valence-electron chi connectivity index (χ2n) is 3.71. The molecule has 1 saturated carbocycles. The Morgan fingerprint density at radius 3 is 2.87 bits per heavy atom. The number of pyridine rings is 1. The fourth-order valence-electron chi connectivity index (χ4n) is 1.55. The zero-order valence-corrected chi connectivity index (χ0v) is 9.98. The number of amides is 1. The van der Waals surface area contributed by atoms with E-state index in [-0.39, 0.29) is 5.91 Å². The van der Waals surface area contributed by atoms with Gasteiger partial charge in [-0.15, -0.1) is 0 Å². The van der Waals surface area contributed by atoms with Crippen LogP contribution in [0.15, 0.2) is 24.4 Å². The number of halogens is 1. The summed E-state index contributed by atoms with van der Waals surface area (Å²) in [6, 6.07) is 6.23. The van der Waals surface area contributed by atoms with Crippen molar-refractivity contribution >= 4 is 21.8 Å². The summed E-state index contributed by atoms with van der Waals surface area (Å²) in [6.45, 7) is 0.635. The molecule has 1 amide bonds. The molecule has 4 heteroatoms. The van der Waals surface area contributed by atoms with Crippen LogP contribution in [0.5, 0.6) is 0 Å². The molecule has 0 aromatic carbocycles. The maximum Gasteiger partial charge on any atom is 0.233 e. The fraction of sp³-hybridized carbons (Fsp3) is 0.455. The Hall–Kier alpha value is -0.900. The van der Waals surface area contributed by atoms with Crippen LogP contribution in [0.4, 0.5) is 0 Å². The highest BCUT2D eigenvalue weighted by molar-refractivity contribution is 9.09. The number of hydrogen-bond donors (Lipinski definition) is 0. The summed E-state index contributed by atoms with van der Waals surface area (Å²) in [6.07, 6.45) is 4.02. The molecule has 3 nitrogen and oxygen atoms in total. The summed E-state index contributed by atoms with van der Waals surface area (Å²) >= 11 is 3.21. The van der Waals surface area contributed by atoms with Gasteiger partial charge >= 0.3 is 0 Å². The standard InChI is InChI=1S/C11H13BrN2O/c12-7-11(15)14(10-4-5-10)8-9-3-1-2-6-13-9/h1-3,6,10H,4-5,7-8H2. The maximum atomic E-state index is 11.6. The lowest BCUT2D eigenvalue weighted by molar-refractivity contribution is -0.129. The molecule has 2 rings (SSSR count). The van der Waals surface area contributed by atoms with Crippen molar-refractivity contribution in [2.75, 3.05) is 5.33 Å². The minimum atomic E-state index is 0.156. The number of aromatic nitrogens is 1. The molecular weight excluding hydrogens is 256 g/mol. The Bertz CT molecular complexity index is 338. The molecule has 80 valence electrons. The first-order valence-corrected chi connectivity index (χ1v) is 6.18. The van der Waals surface area contributed by atoms with Crippen LogP contribution in [0, 0.1) is 0 Å². The Morgan fingerprint density at radius 2 is 2.33 bits per heavy atom. The molecule has 0 spiro atoms. The molecule has 1 aliphatic rings. The average Bonchev–Trinajstić information content (AvgIpc) is 3.10. The number of carbonyl (C=O) groups is 1. The zero-order chi connectivity index (χ0) is 10.7. The van der Waals surface area contributed by atoms with Crippen LogP contribution in [-0.4, -0.2) is 27.2 Å². The minimum Gasteiger partial charge on any atom is -0.333 e. The molecule has 1 aromatic heterocycles. The van der Waals surface area contributed by atoms with Gasteiger partial charge in [-0.2, -0.15) is 0 Å². The Balaban J connectivity index is 2.04. The van der Waals surface area contributed by atoms with E-state index in [0.29, 0.717) is 17.9 Å². The van der Waals surface area contributed by atoms with Crippen molar-refractivity contribution in [3.8, 4) is 0 Å². The largest absolute Gasteiger partial charge is 0.333 e. The predicted molar refractivity (Wildman–Crippen MR) is 61.6 cm³/mol. The lowest BCUT2D eigenvalue weighted by atomic mass is 10.3. The van der Waals surface area contributed by atoms with Crippen LogP contribution < -0.4 is 0 Å². The van der Waals surface area contributed by atoms with E-state index in [1.807, 2.05) is 23.1 Å². The first kappa shape index (κ1) is 10.6. The van der Waals surface area contributed by atoms with Crippen molar-refractivity contribution in [1.82, 2.24) is 9.88 Å². The van der Waals surface area contributed by atoms with Crippen molar-refractivity contribution < 1.29 is 4.79 Å². The quantitative estimate of drug-likeness (QED) is 0.783. The normalized spacial score (nSPS) is 15.0. The number of hydrogen-bond acceptors (Lipinski definition) is 2. The Kier molecular flexibility index (Phi) is 3.36. The van der Waals surface area contributed by atoms with Gasteiger partial charge in [0.1, 0.15) is 0 Å². The smallest absolute Gasteiger partial charge is 0.233 e. The van der Waals surface area contributed by atoms with Gasteiger partial charge in [0.2, 0.25) is 5.91 Å². The average molecular weight is 269 g/mol. The second-order valence-corrected chi connectivity index (χ2v) is 4.27. The maximum absolute atomic E-state index is 11.6. The van der Waals surface area contributed by atoms with E-state index in [9.17, 15) is 4.79 Å². The predicted octanol–water partition coefficient (Wildman–Crippen LogP) is 1.97. The molecule has 0 unspecified atom stereocenters. The summed E-state index contributed by atoms with van der Waals surface area (Å²) in [5.41, 5.74) is 0.957. The minimum absolute atomic E-state index is 0.156. The highest BCUT2D eigenvalue weighted by Gasteiger charge is 2.32. The number of carbonyl (C=O) groups excluding carboxylic acids is 1. The monoisotopic (exact) mass is 268 g/mol. The summed E-state index contributed by atoms with van der Waals surface area (Å²) < 4.78 is 0. The first-order chi connectivity index (χ1) is 7.31. The Morgan fingerprint density at radius 1 is 1.53 bits per heavy atom. The SMILES string of the molecule is O=C(CBr)N(Cc1ccccn1)C1CC1. The van der Waals surface area contributed by atoms with Gasteiger partial charge in [0.05, 0.1) is 17.6 Å². The molecule has 0 aliphatic heterocycles. The second kappa shape index (κ2) is 4.75. The zero-order valence-electron chi connectivity index (χ0n) is 8.40. The molecular formula is C11H13BrN2O. The van der Waals surface area contributed by atoms with Crippen LogP contribution in [-0.2, 0) is 11.3 Å². The molecule has 0 atom stereocenters. The molecule has 0 saturated heterocycles. The summed E-state index contributed by atoms with van der Waals surface area (Å²) in [5, 5.41) is 0.399. The van der Waals surface area contributed by atoms with E-state index < -0.39 is 0 Å². The molecule has 0 bridgehead atoms. The molecule has 15 heavy (non-hydrogen) atoms. The van der Waals surface area contributed by atoms with Gasteiger partial charge in [-0.05, 0) is 25.0 Å². The third-order valence-corrected chi connectivity index (χ3v) is 2.96. The number of rotatable bonds is 4. The molecule has 1 heterocycles. The van der Waals surface area contributed by atoms with Crippen LogP contribution in [0.25, 0.3) is 0 Å². The lowest BCUT2D eigenvalue weighted by Crippen LogP contribution is -2.33. The van der Waals surface area contributed by atoms with Crippen LogP contribution >= 0.6 is 15.9 Å². The highest BCUT2D eigenvalue weighted by Crippen LogP contribution is 2.28. The van der Waals surface area contributed by atoms with Gasteiger partial charge < -0.3 is 4.90 Å². The van der Waals surface area contributed by atoms with E-state index >= 15 is 0 Å². The summed E-state index contributed by atoms with van der Waals surface area (Å²) in [4.78, 5) is 17.8. The molecule has 1 fully saturated rings. The lowest BCUT2D eigenvalue weighted by Gasteiger charge is -2.20. The van der Waals surface area contributed by atoms with E-state index in [1.165, 1.54) is 0 Å². The van der Waals surface area contributed by atoms with Crippen molar-refractivity contribution in [3.63, 3.8) is 0 Å². The van der Waals surface area contributed by atoms with Gasteiger partial charge in [0.15, 0.2) is 0 Å². The van der Waals surface area contributed by atoms with Crippen LogP contribution in [0.2, 0.25) is 0 Å². The first-order valence-electron chi connectivity index (χ1n) is 5.06. The third-order valence-electron chi connectivity index (χ3n) is 2.48. The molecule has 0 N–H and O–H groups in total. The van der Waals surface area contributed by atoms with Crippen molar-refractivity contribution in [2.24, 2.45) is 0 Å². The van der Waals surface area contributed by atoms with Gasteiger partial charge in [-0.1, -0.05) is 22.0 Å². The van der Waals surface area contributed by atoms with Crippen LogP contribution in [0.3, 0.4) is 0 Å². The van der Waals surface area contributed by atoms with E-state index in [0.717, 1.165) is 18.5 Å². The number of alkyl halides is 1. The third kappa shape index (κ3) is 2.78. The topological polar surface area (TPSA) is 33.2 Å². The van der Waals surface area contributed by atoms with Gasteiger partial charge in [0.25, 0.3) is 0 Å². The number of nitrogens with zero attached hydrogens (tertiary/aromatic N) is 2. The summed E-state index contributed by atoms with van der Waals surface area (Å²) in [5.74, 6) is 0.156. The Labute approximate surface area is 97.6 Å². The molecule has 1 aliphatic carbocycles. The van der Waals surface area contributed by atoms with E-state index in [2.05, 4.69) is 20.9 Å². The highest BCUT2D eigenvalue weighted by atomic mass is 79.9. The van der Waals surface area contributed by atoms with Crippen molar-refractivity contribution in [3.05, 3.63) is 30.1 Å². The van der Waals surface area contributed by atoms with Gasteiger partial charge in [0, 0.05) is 12.2 Å². The van der Waals surface area contributed by atoms with E-state index in [4.69, 9.17) is 0 Å². The molecule has 0 radical (unpaired) electrons. The van der Waals surface area contributed by atoms with Gasteiger partial charge in [-0.3, -0.25) is 9.78 Å². The fourth-order valence-corrected chi connectivity index (χ4v) is 1.87. The van der Waals surface area contributed by atoms with Crippen LogP contribution in [0.1, 0.15) is 18.5 Å². The molecule has 1 aromatic rings. The van der Waals surface area contributed by atoms with Crippen molar-refractivity contribution in [1.29, 1.82) is 0 Å². The summed E-state index contributed by atoms with van der Waals surface area (Å²) in [7, 11) is 0.